The Morgan fingerprint density at radius 2 is 2.16 bits per heavy atom. The van der Waals surface area contributed by atoms with E-state index >= 15 is 0 Å². The third kappa shape index (κ3) is 4.95. The van der Waals surface area contributed by atoms with Gasteiger partial charge in [-0.15, -0.1) is 24.0 Å². The van der Waals surface area contributed by atoms with Gasteiger partial charge in [-0.1, -0.05) is 18.2 Å². The van der Waals surface area contributed by atoms with Crippen molar-refractivity contribution in [3.63, 3.8) is 0 Å². The molecular formula is C13H19IN3S2+. The first-order valence-electron chi connectivity index (χ1n) is 6.03. The van der Waals surface area contributed by atoms with Crippen molar-refractivity contribution < 1.29 is 0 Å². The molecule has 0 amide bonds. The number of nitrogens with one attached hydrogen (secondary N) is 1. The molecule has 2 rings (SSSR count). The van der Waals surface area contributed by atoms with E-state index in [1.165, 1.54) is 0 Å². The van der Waals surface area contributed by atoms with Crippen LogP contribution in [0.5, 0.6) is 0 Å². The Labute approximate surface area is 140 Å². The van der Waals surface area contributed by atoms with Crippen LogP contribution < -0.4 is 9.98 Å². The van der Waals surface area contributed by atoms with E-state index in [9.17, 15) is 0 Å². The van der Waals surface area contributed by atoms with Crippen LogP contribution in [-0.4, -0.2) is 40.3 Å². The number of amidine groups is 2. The van der Waals surface area contributed by atoms with Crippen LogP contribution in [0, 0.1) is 0 Å². The number of benzene rings is 1. The topological polar surface area (TPSA) is 29.4 Å². The van der Waals surface area contributed by atoms with Crippen molar-refractivity contribution in [3.05, 3.63) is 30.3 Å². The van der Waals surface area contributed by atoms with Crippen molar-refractivity contribution >= 4 is 63.5 Å². The average molecular weight is 408 g/mol. The highest BCUT2D eigenvalue weighted by Crippen LogP contribution is 2.15. The molecule has 0 saturated carbocycles. The van der Waals surface area contributed by atoms with Crippen LogP contribution in [0.4, 0.5) is 5.69 Å². The zero-order chi connectivity index (χ0) is 12.8. The maximum Gasteiger partial charge on any atom is 0.350 e. The van der Waals surface area contributed by atoms with Crippen LogP contribution in [-0.2, 0) is 0 Å². The summed E-state index contributed by atoms with van der Waals surface area (Å²) in [4.78, 5) is 2.31. The van der Waals surface area contributed by atoms with E-state index < -0.39 is 0 Å². The molecule has 1 fully saturated rings. The molecule has 0 bridgehead atoms. The molecule has 1 aromatic carbocycles. The number of hydrogen-bond donors (Lipinski definition) is 1. The quantitative estimate of drug-likeness (QED) is 0.353. The predicted molar refractivity (Wildman–Crippen MR) is 101 cm³/mol. The van der Waals surface area contributed by atoms with Gasteiger partial charge in [-0.3, -0.25) is 10.2 Å². The molecule has 1 aromatic rings. The first-order valence-corrected chi connectivity index (χ1v) is 8.24. The number of hydrogen-bond acceptors (Lipinski definition) is 2. The van der Waals surface area contributed by atoms with Crippen LogP contribution in [0.25, 0.3) is 0 Å². The van der Waals surface area contributed by atoms with Gasteiger partial charge in [0.05, 0.1) is 18.8 Å². The third-order valence-electron chi connectivity index (χ3n) is 2.66. The van der Waals surface area contributed by atoms with Gasteiger partial charge in [-0.25, -0.2) is 4.67 Å². The van der Waals surface area contributed by atoms with Gasteiger partial charge in [0.2, 0.25) is 0 Å². The van der Waals surface area contributed by atoms with Crippen molar-refractivity contribution in [2.24, 2.45) is 0 Å². The first kappa shape index (κ1) is 16.8. The standard InChI is InChI=1S/C13H17N3S2.HI/c1-3-16-9-10-18-13(16)15-12(17-2)14-11-7-5-4-6-8-11;/h4-8H,3,9-10H2,1-2H3;1H/p+1. The number of para-hydroxylation sites is 1. The lowest BCUT2D eigenvalue weighted by molar-refractivity contribution is 0.488. The van der Waals surface area contributed by atoms with Crippen molar-refractivity contribution in [1.82, 2.24) is 9.57 Å². The van der Waals surface area contributed by atoms with Crippen LogP contribution >= 0.6 is 47.5 Å². The average Bonchev–Trinajstić information content (AvgIpc) is 2.86. The van der Waals surface area contributed by atoms with Gasteiger partial charge < -0.3 is 0 Å². The monoisotopic (exact) mass is 408 g/mol. The molecule has 0 unspecified atom stereocenters. The Morgan fingerprint density at radius 1 is 1.42 bits per heavy atom. The highest BCUT2D eigenvalue weighted by Gasteiger charge is 2.24. The molecule has 0 spiro atoms. The summed E-state index contributed by atoms with van der Waals surface area (Å²) in [6.07, 6.45) is 2.05. The fourth-order valence-corrected chi connectivity index (χ4v) is 3.20. The number of thioether (sulfide) groups is 2. The van der Waals surface area contributed by atoms with E-state index in [0.29, 0.717) is 0 Å². The molecule has 1 aliphatic rings. The largest absolute Gasteiger partial charge is 0.350 e. The van der Waals surface area contributed by atoms with Crippen LogP contribution in [0.3, 0.4) is 0 Å². The van der Waals surface area contributed by atoms with E-state index in [0.717, 1.165) is 34.9 Å². The van der Waals surface area contributed by atoms with Gasteiger partial charge in [-0.05, 0) is 48.8 Å². The normalized spacial score (nSPS) is 13.8. The zero-order valence-corrected chi connectivity index (χ0v) is 15.1. The van der Waals surface area contributed by atoms with Gasteiger partial charge in [0, 0.05) is 5.75 Å². The molecule has 104 valence electrons. The summed E-state index contributed by atoms with van der Waals surface area (Å²) in [6.45, 7) is 4.30. The molecule has 0 atom stereocenters. The molecular weight excluding hydrogens is 389 g/mol. The van der Waals surface area contributed by atoms with E-state index in [1.54, 1.807) is 11.8 Å². The second kappa shape index (κ2) is 8.79. The van der Waals surface area contributed by atoms with E-state index in [-0.39, 0.29) is 24.0 Å². The van der Waals surface area contributed by atoms with Crippen LogP contribution in [0.1, 0.15) is 6.92 Å². The van der Waals surface area contributed by atoms with E-state index in [4.69, 9.17) is 4.67 Å². The van der Waals surface area contributed by atoms with Crippen LogP contribution in [0.15, 0.2) is 30.3 Å². The molecule has 1 saturated heterocycles. The third-order valence-corrected chi connectivity index (χ3v) is 4.23. The fraction of sp³-hybridized carbons (Fsp3) is 0.385. The molecule has 0 radical (unpaired) electrons. The minimum atomic E-state index is 0. The summed E-state index contributed by atoms with van der Waals surface area (Å²) in [5.41, 5.74) is 1.08. The SMILES string of the molecule is CCN1CCSC1=[N+]=C(Nc1ccccc1)SC.I. The minimum absolute atomic E-state index is 0. The summed E-state index contributed by atoms with van der Waals surface area (Å²) in [6, 6.07) is 10.2. The smallest absolute Gasteiger partial charge is 0.273 e. The van der Waals surface area contributed by atoms with Gasteiger partial charge in [0.15, 0.2) is 0 Å². The number of nitrogens with zero attached hydrogens (tertiary/aromatic N) is 2. The van der Waals surface area contributed by atoms with E-state index in [2.05, 4.69) is 29.3 Å². The van der Waals surface area contributed by atoms with Crippen molar-refractivity contribution in [3.8, 4) is 0 Å². The van der Waals surface area contributed by atoms with Crippen molar-refractivity contribution in [2.75, 3.05) is 30.4 Å². The Hall–Kier alpha value is -0.300. The summed E-state index contributed by atoms with van der Waals surface area (Å²) >= 11 is 3.47. The lowest BCUT2D eigenvalue weighted by Crippen LogP contribution is -2.27. The maximum atomic E-state index is 4.72. The Bertz CT molecular complexity index is 458. The van der Waals surface area contributed by atoms with Gasteiger partial charge in [-0.2, -0.15) is 0 Å². The van der Waals surface area contributed by atoms with Gasteiger partial charge >= 0.3 is 10.3 Å². The summed E-state index contributed by atoms with van der Waals surface area (Å²) in [5.74, 6) is 1.14. The Balaban J connectivity index is 0.00000180. The second-order valence-corrected chi connectivity index (χ2v) is 5.68. The Kier molecular flexibility index (Phi) is 7.75. The molecule has 6 heteroatoms. The highest BCUT2D eigenvalue weighted by atomic mass is 127. The molecule has 1 aliphatic heterocycles. The van der Waals surface area contributed by atoms with Crippen molar-refractivity contribution in [2.45, 2.75) is 6.92 Å². The second-order valence-electron chi connectivity index (χ2n) is 3.82. The first-order chi connectivity index (χ1) is 8.83. The maximum absolute atomic E-state index is 4.72. The predicted octanol–water partition coefficient (Wildman–Crippen LogP) is 2.93. The molecule has 1 heterocycles. The summed E-state index contributed by atoms with van der Waals surface area (Å²) in [7, 11) is 0. The lowest BCUT2D eigenvalue weighted by Gasteiger charge is -2.05. The Morgan fingerprint density at radius 3 is 2.79 bits per heavy atom. The zero-order valence-electron chi connectivity index (χ0n) is 11.1. The fourth-order valence-electron chi connectivity index (χ4n) is 1.69. The molecule has 3 nitrogen and oxygen atoms in total. The van der Waals surface area contributed by atoms with Gasteiger partial charge in [0.25, 0.3) is 0 Å². The van der Waals surface area contributed by atoms with E-state index in [1.807, 2.05) is 36.2 Å². The minimum Gasteiger partial charge on any atom is -0.273 e. The number of halogens is 1. The molecule has 0 aliphatic carbocycles. The molecule has 0 aromatic heterocycles. The van der Waals surface area contributed by atoms with Crippen LogP contribution in [0.2, 0.25) is 0 Å². The van der Waals surface area contributed by atoms with Crippen molar-refractivity contribution in [1.29, 1.82) is 0 Å². The summed E-state index contributed by atoms with van der Waals surface area (Å²) in [5, 5.41) is 5.43. The number of rotatable bonds is 2. The molecule has 1 N–H and O–H groups in total. The highest BCUT2D eigenvalue weighted by molar-refractivity contribution is 14.0. The summed E-state index contributed by atoms with van der Waals surface area (Å²) < 4.78 is 4.72. The lowest BCUT2D eigenvalue weighted by atomic mass is 10.3. The number of anilines is 1. The molecule has 19 heavy (non-hydrogen) atoms. The van der Waals surface area contributed by atoms with Gasteiger partial charge in [0.1, 0.15) is 0 Å².